The molecule has 0 bridgehead atoms. The molecule has 1 heterocycles. The summed E-state index contributed by atoms with van der Waals surface area (Å²) < 4.78 is 47.5. The average Bonchev–Trinajstić information content (AvgIpc) is 2.92. The largest absolute Gasteiger partial charge is 0.472 e. The van der Waals surface area contributed by atoms with E-state index in [1.54, 1.807) is 48.5 Å². The van der Waals surface area contributed by atoms with Gasteiger partial charge in [-0.25, -0.2) is 4.79 Å². The lowest BCUT2D eigenvalue weighted by atomic mass is 9.92. The number of rotatable bonds is 5. The van der Waals surface area contributed by atoms with Crippen LogP contribution in [0.15, 0.2) is 103 Å². The van der Waals surface area contributed by atoms with E-state index in [1.165, 1.54) is 12.3 Å². The third-order valence-electron chi connectivity index (χ3n) is 6.05. The fourth-order valence-electron chi connectivity index (χ4n) is 4.37. The highest BCUT2D eigenvalue weighted by molar-refractivity contribution is 5.98. The van der Waals surface area contributed by atoms with E-state index >= 15 is 0 Å². The minimum atomic E-state index is -4.54. The highest BCUT2D eigenvalue weighted by Crippen LogP contribution is 2.40. The molecule has 192 valence electrons. The number of hydrogen-bond donors (Lipinski definition) is 1. The minimum absolute atomic E-state index is 0.110. The number of benzene rings is 4. The second-order valence-corrected chi connectivity index (χ2v) is 8.73. The van der Waals surface area contributed by atoms with Crippen LogP contribution < -0.4 is 4.74 Å². The lowest BCUT2D eigenvalue weighted by Gasteiger charge is -2.17. The van der Waals surface area contributed by atoms with E-state index in [4.69, 9.17) is 9.84 Å². The number of halogens is 3. The predicted octanol–water partition coefficient (Wildman–Crippen LogP) is 7.74. The topological polar surface area (TPSA) is 59.4 Å². The first-order chi connectivity index (χ1) is 18.8. The molecule has 0 fully saturated rings. The van der Waals surface area contributed by atoms with E-state index in [0.29, 0.717) is 40.0 Å². The summed E-state index contributed by atoms with van der Waals surface area (Å²) in [5.74, 6) is 4.35. The zero-order valence-electron chi connectivity index (χ0n) is 20.4. The van der Waals surface area contributed by atoms with Crippen molar-refractivity contribution >= 4 is 16.9 Å². The summed E-state index contributed by atoms with van der Waals surface area (Å²) in [5.41, 5.74) is 2.76. The highest BCUT2D eigenvalue weighted by atomic mass is 19.4. The molecule has 0 aliphatic rings. The standard InChI is InChI=1S/C32H20F3NO3/c33-32(34,35)28-11-5-10-27-30(24(20-36-31(27)28)18-22-6-2-1-3-7-22)23-8-4-9-26(19-23)39-25-15-12-21(13-16-25)14-17-29(37)38/h1-13,15-16,19-20H,18H2,(H,37,38). The number of aromatic nitrogens is 1. The molecule has 0 atom stereocenters. The first-order valence-electron chi connectivity index (χ1n) is 11.9. The van der Waals surface area contributed by atoms with Crippen molar-refractivity contribution in [3.63, 3.8) is 0 Å². The van der Waals surface area contributed by atoms with Gasteiger partial charge in [-0.05, 0) is 71.1 Å². The minimum Gasteiger partial charge on any atom is -0.472 e. The monoisotopic (exact) mass is 523 g/mol. The van der Waals surface area contributed by atoms with E-state index in [9.17, 15) is 18.0 Å². The highest BCUT2D eigenvalue weighted by Gasteiger charge is 2.33. The summed E-state index contributed by atoms with van der Waals surface area (Å²) in [6.07, 6.45) is -2.54. The lowest BCUT2D eigenvalue weighted by molar-refractivity contribution is -0.136. The lowest BCUT2D eigenvalue weighted by Crippen LogP contribution is -2.07. The van der Waals surface area contributed by atoms with Crippen molar-refractivity contribution in [1.82, 2.24) is 4.98 Å². The fourth-order valence-corrected chi connectivity index (χ4v) is 4.37. The zero-order valence-corrected chi connectivity index (χ0v) is 20.4. The second-order valence-electron chi connectivity index (χ2n) is 8.73. The van der Waals surface area contributed by atoms with Gasteiger partial charge in [0.15, 0.2) is 0 Å². The van der Waals surface area contributed by atoms with Gasteiger partial charge in [-0.2, -0.15) is 13.2 Å². The van der Waals surface area contributed by atoms with Gasteiger partial charge in [0.2, 0.25) is 0 Å². The Morgan fingerprint density at radius 2 is 1.62 bits per heavy atom. The Morgan fingerprint density at radius 1 is 0.872 bits per heavy atom. The van der Waals surface area contributed by atoms with Crippen LogP contribution in [0.5, 0.6) is 11.5 Å². The summed E-state index contributed by atoms with van der Waals surface area (Å²) in [6.45, 7) is 0. The Labute approximate surface area is 222 Å². The third kappa shape index (κ3) is 5.91. The number of carboxylic acids is 1. The fraction of sp³-hybridized carbons (Fsp3) is 0.0625. The zero-order chi connectivity index (χ0) is 27.4. The van der Waals surface area contributed by atoms with Gasteiger partial charge in [0.25, 0.3) is 0 Å². The molecule has 0 saturated carbocycles. The second kappa shape index (κ2) is 10.7. The molecule has 39 heavy (non-hydrogen) atoms. The Bertz CT molecular complexity index is 1720. The van der Waals surface area contributed by atoms with Crippen LogP contribution in [0, 0.1) is 11.8 Å². The molecular weight excluding hydrogens is 503 g/mol. The predicted molar refractivity (Wildman–Crippen MR) is 142 cm³/mol. The molecule has 0 aliphatic carbocycles. The maximum Gasteiger partial charge on any atom is 0.418 e. The van der Waals surface area contributed by atoms with Crippen molar-refractivity contribution in [3.05, 3.63) is 126 Å². The van der Waals surface area contributed by atoms with Crippen molar-refractivity contribution in [3.8, 4) is 34.5 Å². The number of nitrogens with zero attached hydrogens (tertiary/aromatic N) is 1. The summed E-state index contributed by atoms with van der Waals surface area (Å²) in [4.78, 5) is 14.9. The first kappa shape index (κ1) is 25.6. The van der Waals surface area contributed by atoms with E-state index in [1.807, 2.05) is 36.4 Å². The number of alkyl halides is 3. The van der Waals surface area contributed by atoms with Gasteiger partial charge in [-0.3, -0.25) is 4.98 Å². The van der Waals surface area contributed by atoms with Gasteiger partial charge in [0, 0.05) is 23.1 Å². The van der Waals surface area contributed by atoms with Crippen molar-refractivity contribution < 1.29 is 27.8 Å². The van der Waals surface area contributed by atoms with Crippen LogP contribution in [0.2, 0.25) is 0 Å². The average molecular weight is 524 g/mol. The molecule has 0 amide bonds. The third-order valence-corrected chi connectivity index (χ3v) is 6.05. The normalized spacial score (nSPS) is 11.1. The molecule has 0 unspecified atom stereocenters. The van der Waals surface area contributed by atoms with E-state index in [2.05, 4.69) is 16.8 Å². The molecule has 4 nitrogen and oxygen atoms in total. The van der Waals surface area contributed by atoms with Crippen molar-refractivity contribution in [2.24, 2.45) is 0 Å². The van der Waals surface area contributed by atoms with Crippen LogP contribution in [-0.2, 0) is 17.4 Å². The smallest absolute Gasteiger partial charge is 0.418 e. The van der Waals surface area contributed by atoms with Crippen LogP contribution in [0.1, 0.15) is 22.3 Å². The van der Waals surface area contributed by atoms with Crippen molar-refractivity contribution in [2.75, 3.05) is 0 Å². The number of pyridine rings is 1. The quantitative estimate of drug-likeness (QED) is 0.240. The number of para-hydroxylation sites is 1. The van der Waals surface area contributed by atoms with Crippen molar-refractivity contribution in [1.29, 1.82) is 0 Å². The van der Waals surface area contributed by atoms with Gasteiger partial charge in [0.1, 0.15) is 11.5 Å². The van der Waals surface area contributed by atoms with Gasteiger partial charge in [-0.1, -0.05) is 60.5 Å². The number of aliphatic carboxylic acids is 1. The molecule has 1 aromatic heterocycles. The Balaban J connectivity index is 1.58. The molecule has 1 N–H and O–H groups in total. The number of hydrogen-bond acceptors (Lipinski definition) is 3. The molecule has 0 aliphatic heterocycles. The molecule has 0 saturated heterocycles. The molecular formula is C32H20F3NO3. The molecule has 4 aromatic carbocycles. The molecule has 0 spiro atoms. The van der Waals surface area contributed by atoms with Gasteiger partial charge in [0.05, 0.1) is 11.1 Å². The van der Waals surface area contributed by atoms with Gasteiger partial charge < -0.3 is 9.84 Å². The SMILES string of the molecule is O=C(O)C#Cc1ccc(Oc2cccc(-c3c(Cc4ccccc4)cnc4c(C(F)(F)F)cccc34)c2)cc1. The van der Waals surface area contributed by atoms with E-state index in [-0.39, 0.29) is 5.52 Å². The van der Waals surface area contributed by atoms with Crippen LogP contribution in [0.25, 0.3) is 22.0 Å². The first-order valence-corrected chi connectivity index (χ1v) is 11.9. The summed E-state index contributed by atoms with van der Waals surface area (Å²) in [7, 11) is 0. The van der Waals surface area contributed by atoms with Crippen LogP contribution >= 0.6 is 0 Å². The summed E-state index contributed by atoms with van der Waals surface area (Å²) in [5, 5.41) is 9.11. The maximum absolute atomic E-state index is 13.8. The molecule has 7 heteroatoms. The Hall–Kier alpha value is -5.09. The van der Waals surface area contributed by atoms with Crippen LogP contribution in [0.3, 0.4) is 0 Å². The summed E-state index contributed by atoms with van der Waals surface area (Å²) >= 11 is 0. The number of carboxylic acid groups (broad SMARTS) is 1. The Morgan fingerprint density at radius 3 is 2.33 bits per heavy atom. The van der Waals surface area contributed by atoms with Crippen LogP contribution in [-0.4, -0.2) is 16.1 Å². The maximum atomic E-state index is 13.8. The van der Waals surface area contributed by atoms with E-state index in [0.717, 1.165) is 17.2 Å². The number of fused-ring (bicyclic) bond motifs is 1. The number of carbonyl (C=O) groups is 1. The molecule has 0 radical (unpaired) electrons. The molecule has 5 rings (SSSR count). The van der Waals surface area contributed by atoms with Gasteiger partial charge >= 0.3 is 12.1 Å². The van der Waals surface area contributed by atoms with E-state index < -0.39 is 17.7 Å². The molecule has 5 aromatic rings. The Kier molecular flexibility index (Phi) is 7.02. The van der Waals surface area contributed by atoms with Gasteiger partial charge in [-0.15, -0.1) is 0 Å². The number of ether oxygens (including phenoxy) is 1. The van der Waals surface area contributed by atoms with Crippen molar-refractivity contribution in [2.45, 2.75) is 12.6 Å². The van der Waals surface area contributed by atoms with Crippen LogP contribution in [0.4, 0.5) is 13.2 Å². The summed E-state index contributed by atoms with van der Waals surface area (Å²) in [6, 6.07) is 27.5.